The van der Waals surface area contributed by atoms with Gasteiger partial charge in [0.05, 0.1) is 18.1 Å². The topological polar surface area (TPSA) is 47.1 Å². The molecule has 0 amide bonds. The minimum absolute atomic E-state index is 0.327. The van der Waals surface area contributed by atoms with E-state index in [2.05, 4.69) is 28.3 Å². The van der Waals surface area contributed by atoms with Crippen molar-refractivity contribution in [3.05, 3.63) is 18.2 Å². The minimum Gasteiger partial charge on any atom is -0.330 e. The van der Waals surface area contributed by atoms with E-state index in [1.807, 2.05) is 12.5 Å². The highest BCUT2D eigenvalue weighted by Crippen LogP contribution is 2.37. The predicted octanol–water partition coefficient (Wildman–Crippen LogP) is 2.34. The Balaban J connectivity index is 2.16. The third kappa shape index (κ3) is 2.93. The molecule has 4 nitrogen and oxygen atoms in total. The number of nitrogens with two attached hydrogens (primary N) is 1. The average Bonchev–Trinajstić information content (AvgIpc) is 3.11. The van der Waals surface area contributed by atoms with Gasteiger partial charge in [-0.1, -0.05) is 13.8 Å². The fourth-order valence-corrected chi connectivity index (χ4v) is 2.69. The first-order valence-corrected chi connectivity index (χ1v) is 7.27. The second-order valence-corrected chi connectivity index (χ2v) is 5.24. The molecule has 0 saturated heterocycles. The van der Waals surface area contributed by atoms with Gasteiger partial charge in [0.2, 0.25) is 0 Å². The molecule has 1 atom stereocenters. The van der Waals surface area contributed by atoms with Gasteiger partial charge < -0.3 is 10.3 Å². The maximum absolute atomic E-state index is 6.03. The zero-order valence-corrected chi connectivity index (χ0v) is 11.7. The monoisotopic (exact) mass is 250 g/mol. The van der Waals surface area contributed by atoms with Crippen LogP contribution in [0.25, 0.3) is 0 Å². The summed E-state index contributed by atoms with van der Waals surface area (Å²) >= 11 is 0. The molecule has 2 rings (SSSR count). The quantitative estimate of drug-likeness (QED) is 0.770. The van der Waals surface area contributed by atoms with E-state index in [1.165, 1.54) is 31.4 Å². The maximum atomic E-state index is 6.03. The molecule has 1 heterocycles. The standard InChI is InChI=1S/C14H26N4/c1-3-7-17(8-4-2)13(9-15)14-10-16-11-18(14)12-5-6-12/h10-13H,3-9,15H2,1-2H3. The largest absolute Gasteiger partial charge is 0.330 e. The van der Waals surface area contributed by atoms with Gasteiger partial charge in [-0.15, -0.1) is 0 Å². The molecule has 1 fully saturated rings. The third-order valence-electron chi connectivity index (χ3n) is 3.66. The van der Waals surface area contributed by atoms with Crippen molar-refractivity contribution >= 4 is 0 Å². The van der Waals surface area contributed by atoms with E-state index in [4.69, 9.17) is 5.73 Å². The predicted molar refractivity (Wildman–Crippen MR) is 74.4 cm³/mol. The lowest BCUT2D eigenvalue weighted by Crippen LogP contribution is -2.36. The Morgan fingerprint density at radius 3 is 2.56 bits per heavy atom. The summed E-state index contributed by atoms with van der Waals surface area (Å²) in [6, 6.07) is 1.01. The number of hydrogen-bond donors (Lipinski definition) is 1. The van der Waals surface area contributed by atoms with E-state index >= 15 is 0 Å². The third-order valence-corrected chi connectivity index (χ3v) is 3.66. The van der Waals surface area contributed by atoms with Crippen LogP contribution in [0.5, 0.6) is 0 Å². The van der Waals surface area contributed by atoms with Crippen molar-refractivity contribution in [1.82, 2.24) is 14.5 Å². The van der Waals surface area contributed by atoms with Crippen LogP contribution in [0.4, 0.5) is 0 Å². The Morgan fingerprint density at radius 2 is 2.06 bits per heavy atom. The van der Waals surface area contributed by atoms with E-state index in [1.54, 1.807) is 0 Å². The molecular formula is C14H26N4. The minimum atomic E-state index is 0.327. The molecule has 0 radical (unpaired) electrons. The molecule has 0 bridgehead atoms. The van der Waals surface area contributed by atoms with Crippen molar-refractivity contribution in [3.8, 4) is 0 Å². The molecule has 1 saturated carbocycles. The summed E-state index contributed by atoms with van der Waals surface area (Å²) in [7, 11) is 0. The van der Waals surface area contributed by atoms with Crippen molar-refractivity contribution in [1.29, 1.82) is 0 Å². The molecule has 0 aromatic carbocycles. The highest BCUT2D eigenvalue weighted by molar-refractivity contribution is 5.10. The van der Waals surface area contributed by atoms with Gasteiger partial charge in [-0.3, -0.25) is 4.90 Å². The SMILES string of the molecule is CCCN(CCC)C(CN)c1cncn1C1CC1. The Bertz CT molecular complexity index is 350. The van der Waals surface area contributed by atoms with Crippen LogP contribution >= 0.6 is 0 Å². The van der Waals surface area contributed by atoms with Gasteiger partial charge in [-0.25, -0.2) is 4.98 Å². The summed E-state index contributed by atoms with van der Waals surface area (Å²) in [5, 5.41) is 0. The zero-order chi connectivity index (χ0) is 13.0. The smallest absolute Gasteiger partial charge is 0.0951 e. The Kier molecular flexibility index (Phi) is 4.78. The fourth-order valence-electron chi connectivity index (χ4n) is 2.69. The molecule has 4 heteroatoms. The fraction of sp³-hybridized carbons (Fsp3) is 0.786. The van der Waals surface area contributed by atoms with Crippen LogP contribution in [-0.4, -0.2) is 34.1 Å². The zero-order valence-electron chi connectivity index (χ0n) is 11.7. The van der Waals surface area contributed by atoms with Crippen LogP contribution in [0.3, 0.4) is 0 Å². The molecule has 1 aliphatic rings. The van der Waals surface area contributed by atoms with E-state index in [-0.39, 0.29) is 0 Å². The Hall–Kier alpha value is -0.870. The van der Waals surface area contributed by atoms with Crippen LogP contribution in [0.1, 0.15) is 57.3 Å². The molecular weight excluding hydrogens is 224 g/mol. The maximum Gasteiger partial charge on any atom is 0.0951 e. The lowest BCUT2D eigenvalue weighted by molar-refractivity contribution is 0.194. The van der Waals surface area contributed by atoms with Gasteiger partial charge in [0.15, 0.2) is 0 Å². The molecule has 1 aromatic heterocycles. The van der Waals surface area contributed by atoms with Gasteiger partial charge >= 0.3 is 0 Å². The average molecular weight is 250 g/mol. The second-order valence-electron chi connectivity index (χ2n) is 5.24. The summed E-state index contributed by atoms with van der Waals surface area (Å²) < 4.78 is 2.34. The van der Waals surface area contributed by atoms with Gasteiger partial charge in [-0.05, 0) is 38.8 Å². The molecule has 1 aromatic rings. The van der Waals surface area contributed by atoms with Crippen molar-refractivity contribution in [3.63, 3.8) is 0 Å². The highest BCUT2D eigenvalue weighted by atomic mass is 15.2. The van der Waals surface area contributed by atoms with Gasteiger partial charge in [0.1, 0.15) is 0 Å². The summed E-state index contributed by atoms with van der Waals surface area (Å²) in [5.41, 5.74) is 7.34. The first-order chi connectivity index (χ1) is 8.81. The van der Waals surface area contributed by atoms with E-state index in [0.717, 1.165) is 13.1 Å². The second kappa shape index (κ2) is 6.34. The highest BCUT2D eigenvalue weighted by Gasteiger charge is 2.29. The lowest BCUT2D eigenvalue weighted by atomic mass is 10.1. The molecule has 1 aliphatic carbocycles. The number of hydrogen-bond acceptors (Lipinski definition) is 3. The van der Waals surface area contributed by atoms with Crippen LogP contribution in [0, 0.1) is 0 Å². The van der Waals surface area contributed by atoms with E-state index in [9.17, 15) is 0 Å². The Labute approximate surface area is 110 Å². The Morgan fingerprint density at radius 1 is 1.39 bits per heavy atom. The van der Waals surface area contributed by atoms with E-state index in [0.29, 0.717) is 18.6 Å². The summed E-state index contributed by atoms with van der Waals surface area (Å²) in [5.74, 6) is 0. The van der Waals surface area contributed by atoms with E-state index < -0.39 is 0 Å². The van der Waals surface area contributed by atoms with Crippen molar-refractivity contribution in [2.45, 2.75) is 51.6 Å². The molecule has 0 spiro atoms. The number of nitrogens with zero attached hydrogens (tertiary/aromatic N) is 3. The van der Waals surface area contributed by atoms with Crippen LogP contribution in [0.15, 0.2) is 12.5 Å². The summed E-state index contributed by atoms with van der Waals surface area (Å²) in [6.45, 7) is 7.37. The summed E-state index contributed by atoms with van der Waals surface area (Å²) in [4.78, 5) is 6.85. The van der Waals surface area contributed by atoms with Crippen molar-refractivity contribution < 1.29 is 0 Å². The van der Waals surface area contributed by atoms with Gasteiger partial charge in [0, 0.05) is 18.8 Å². The normalized spacial score (nSPS) is 17.3. The summed E-state index contributed by atoms with van der Waals surface area (Å²) in [6.07, 6.45) is 8.92. The molecule has 18 heavy (non-hydrogen) atoms. The van der Waals surface area contributed by atoms with Crippen molar-refractivity contribution in [2.75, 3.05) is 19.6 Å². The molecule has 102 valence electrons. The first-order valence-electron chi connectivity index (χ1n) is 7.27. The first kappa shape index (κ1) is 13.6. The molecule has 1 unspecified atom stereocenters. The van der Waals surface area contributed by atoms with Crippen LogP contribution in [-0.2, 0) is 0 Å². The van der Waals surface area contributed by atoms with Crippen molar-refractivity contribution in [2.24, 2.45) is 5.73 Å². The molecule has 0 aliphatic heterocycles. The number of aromatic nitrogens is 2. The van der Waals surface area contributed by atoms with Crippen LogP contribution < -0.4 is 5.73 Å². The lowest BCUT2D eigenvalue weighted by Gasteiger charge is -2.31. The number of imidazole rings is 1. The molecule has 2 N–H and O–H groups in total. The van der Waals surface area contributed by atoms with Crippen LogP contribution in [0.2, 0.25) is 0 Å². The number of rotatable bonds is 8. The van der Waals surface area contributed by atoms with Gasteiger partial charge in [0.25, 0.3) is 0 Å². The van der Waals surface area contributed by atoms with Gasteiger partial charge in [-0.2, -0.15) is 0 Å².